The van der Waals surface area contributed by atoms with Gasteiger partial charge in [0, 0.05) is 41.6 Å². The number of nitrogens with one attached hydrogen (secondary N) is 2. The molecule has 1 aromatic carbocycles. The largest absolute Gasteiger partial charge is 0.331 e. The van der Waals surface area contributed by atoms with Crippen LogP contribution in [-0.2, 0) is 19.4 Å². The van der Waals surface area contributed by atoms with Gasteiger partial charge in [-0.15, -0.1) is 11.3 Å². The quantitative estimate of drug-likeness (QED) is 0.495. The number of rotatable bonds is 7. The van der Waals surface area contributed by atoms with Crippen LogP contribution in [0.2, 0.25) is 0 Å². The Morgan fingerprint density at radius 1 is 1.13 bits per heavy atom. The summed E-state index contributed by atoms with van der Waals surface area (Å²) in [6, 6.07) is 12.0. The average molecular weight is 437 g/mol. The molecule has 31 heavy (non-hydrogen) atoms. The van der Waals surface area contributed by atoms with Crippen molar-refractivity contribution in [1.29, 1.82) is 0 Å². The van der Waals surface area contributed by atoms with Gasteiger partial charge in [-0.3, -0.25) is 4.90 Å². The van der Waals surface area contributed by atoms with E-state index in [9.17, 15) is 4.79 Å². The zero-order chi connectivity index (χ0) is 21.8. The lowest BCUT2D eigenvalue weighted by Crippen LogP contribution is -2.34. The van der Waals surface area contributed by atoms with Gasteiger partial charge in [0.25, 0.3) is 0 Å². The van der Waals surface area contributed by atoms with Gasteiger partial charge >= 0.3 is 6.03 Å². The van der Waals surface area contributed by atoms with E-state index in [2.05, 4.69) is 71.5 Å². The Morgan fingerprint density at radius 3 is 2.61 bits per heavy atom. The first kappa shape index (κ1) is 21.7. The molecule has 2 aromatic heterocycles. The molecule has 164 valence electrons. The van der Waals surface area contributed by atoms with E-state index in [-0.39, 0.29) is 12.1 Å². The third-order valence-corrected chi connectivity index (χ3v) is 7.40. The number of carbonyl (C=O) groups excluding carboxylic acids is 1. The topological polar surface area (TPSA) is 49.3 Å². The summed E-state index contributed by atoms with van der Waals surface area (Å²) in [6.07, 6.45) is 6.97. The van der Waals surface area contributed by atoms with Crippen LogP contribution in [0.15, 0.2) is 48.8 Å². The zero-order valence-corrected chi connectivity index (χ0v) is 19.5. The monoisotopic (exact) mass is 436 g/mol. The lowest BCUT2D eigenvalue weighted by Gasteiger charge is -2.27. The van der Waals surface area contributed by atoms with Gasteiger partial charge in [0.05, 0.1) is 6.04 Å². The summed E-state index contributed by atoms with van der Waals surface area (Å²) in [5.41, 5.74) is 4.74. The third-order valence-electron chi connectivity index (χ3n) is 6.15. The van der Waals surface area contributed by atoms with E-state index in [0.29, 0.717) is 0 Å². The smallest absolute Gasteiger partial charge is 0.319 e. The number of likely N-dealkylation sites (N-methyl/N-ethyl adjacent to an activating group) is 1. The highest BCUT2D eigenvalue weighted by molar-refractivity contribution is 7.15. The Balaban J connectivity index is 1.63. The first-order valence-corrected chi connectivity index (χ1v) is 12.1. The van der Waals surface area contributed by atoms with Gasteiger partial charge in [0.15, 0.2) is 0 Å². The second-order valence-corrected chi connectivity index (χ2v) is 9.09. The van der Waals surface area contributed by atoms with Gasteiger partial charge in [-0.05, 0) is 55.1 Å². The lowest BCUT2D eigenvalue weighted by atomic mass is 9.96. The van der Waals surface area contributed by atoms with Crippen molar-refractivity contribution < 1.29 is 4.79 Å². The van der Waals surface area contributed by atoms with E-state index in [4.69, 9.17) is 0 Å². The molecule has 0 radical (unpaired) electrons. The van der Waals surface area contributed by atoms with Gasteiger partial charge in [-0.2, -0.15) is 0 Å². The molecule has 2 amide bonds. The summed E-state index contributed by atoms with van der Waals surface area (Å²) in [5, 5.41) is 7.58. The molecule has 1 aliphatic rings. The standard InChI is InChI=1S/C25H32N4OS/c1-4-18-11-7-8-12-21(18)27-25(30)26-20(5-2)23-19-13-16-28(6-3)17-22(19)31-24(23)29-14-9-10-15-29/h7-12,14-15,20H,4-6,13,16-17H2,1-3H3,(H2,26,27,30)/t20-/m1/s1. The van der Waals surface area contributed by atoms with Crippen molar-refractivity contribution in [2.75, 3.05) is 18.4 Å². The third kappa shape index (κ3) is 4.55. The highest BCUT2D eigenvalue weighted by atomic mass is 32.1. The van der Waals surface area contributed by atoms with Crippen LogP contribution in [0, 0.1) is 0 Å². The molecule has 1 atom stereocenters. The number of urea groups is 1. The summed E-state index contributed by atoms with van der Waals surface area (Å²) < 4.78 is 2.20. The summed E-state index contributed by atoms with van der Waals surface area (Å²) >= 11 is 1.87. The van der Waals surface area contributed by atoms with Crippen LogP contribution in [0.5, 0.6) is 0 Å². The predicted octanol–water partition coefficient (Wildman–Crippen LogP) is 5.75. The van der Waals surface area contributed by atoms with E-state index < -0.39 is 0 Å². The summed E-state index contributed by atoms with van der Waals surface area (Å²) in [7, 11) is 0. The van der Waals surface area contributed by atoms with Crippen molar-refractivity contribution in [2.24, 2.45) is 0 Å². The molecule has 0 saturated heterocycles. The van der Waals surface area contributed by atoms with Crippen LogP contribution in [0.1, 0.15) is 54.8 Å². The zero-order valence-electron chi connectivity index (χ0n) is 18.6. The van der Waals surface area contributed by atoms with E-state index in [1.54, 1.807) is 0 Å². The molecule has 3 aromatic rings. The number of aromatic nitrogens is 1. The Kier molecular flexibility index (Phi) is 6.78. The molecule has 3 heterocycles. The van der Waals surface area contributed by atoms with Gasteiger partial charge in [0.1, 0.15) is 5.00 Å². The molecule has 0 unspecified atom stereocenters. The molecule has 5 nitrogen and oxygen atoms in total. The molecule has 0 fully saturated rings. The van der Waals surface area contributed by atoms with Crippen LogP contribution in [0.25, 0.3) is 5.00 Å². The van der Waals surface area contributed by atoms with E-state index in [1.807, 2.05) is 29.5 Å². The fourth-order valence-electron chi connectivity index (χ4n) is 4.40. The molecule has 0 bridgehead atoms. The number of hydrogen-bond donors (Lipinski definition) is 2. The van der Waals surface area contributed by atoms with Gasteiger partial charge in [-0.1, -0.05) is 39.0 Å². The molecular formula is C25H32N4OS. The van der Waals surface area contributed by atoms with Crippen molar-refractivity contribution in [3.8, 4) is 5.00 Å². The normalized spacial score (nSPS) is 14.8. The van der Waals surface area contributed by atoms with Crippen molar-refractivity contribution in [3.63, 3.8) is 0 Å². The molecule has 1 aliphatic heterocycles. The molecule has 0 aliphatic carbocycles. The number of para-hydroxylation sites is 1. The highest BCUT2D eigenvalue weighted by Crippen LogP contribution is 2.40. The maximum Gasteiger partial charge on any atom is 0.319 e. The second-order valence-electron chi connectivity index (χ2n) is 8.00. The SMILES string of the molecule is CCc1ccccc1NC(=O)N[C@H](CC)c1c(-n2cccc2)sc2c1CCN(CC)C2. The Labute approximate surface area is 189 Å². The Hall–Kier alpha value is -2.57. The minimum Gasteiger partial charge on any atom is -0.331 e. The van der Waals surface area contributed by atoms with E-state index >= 15 is 0 Å². The summed E-state index contributed by atoms with van der Waals surface area (Å²) in [4.78, 5) is 16.9. The number of carbonyl (C=O) groups is 1. The second kappa shape index (κ2) is 9.71. The van der Waals surface area contributed by atoms with Crippen molar-refractivity contribution in [3.05, 3.63) is 70.4 Å². The molecule has 4 rings (SSSR count). The Bertz CT molecular complexity index is 1020. The van der Waals surface area contributed by atoms with Gasteiger partial charge in [0.2, 0.25) is 0 Å². The first-order valence-electron chi connectivity index (χ1n) is 11.3. The Morgan fingerprint density at radius 2 is 1.90 bits per heavy atom. The number of anilines is 1. The number of amides is 2. The number of aryl methyl sites for hydroxylation is 1. The van der Waals surface area contributed by atoms with E-state index in [0.717, 1.165) is 50.1 Å². The first-order chi connectivity index (χ1) is 15.1. The fourth-order valence-corrected chi connectivity index (χ4v) is 5.82. The number of thiophene rings is 1. The van der Waals surface area contributed by atoms with Crippen molar-refractivity contribution in [2.45, 2.75) is 52.6 Å². The molecule has 0 spiro atoms. The number of hydrogen-bond acceptors (Lipinski definition) is 3. The molecule has 6 heteroatoms. The molecule has 2 N–H and O–H groups in total. The van der Waals surface area contributed by atoms with Crippen LogP contribution in [-0.4, -0.2) is 28.6 Å². The maximum absolute atomic E-state index is 13.0. The fraction of sp³-hybridized carbons (Fsp3) is 0.400. The minimum atomic E-state index is -0.142. The number of fused-ring (bicyclic) bond motifs is 1. The highest BCUT2D eigenvalue weighted by Gasteiger charge is 2.29. The summed E-state index contributed by atoms with van der Waals surface area (Å²) in [5.74, 6) is 0. The average Bonchev–Trinajstić information content (AvgIpc) is 3.45. The van der Waals surface area contributed by atoms with Crippen LogP contribution in [0.4, 0.5) is 10.5 Å². The molecule has 0 saturated carbocycles. The maximum atomic E-state index is 13.0. The minimum absolute atomic E-state index is 0.0284. The number of nitrogens with zero attached hydrogens (tertiary/aromatic N) is 2. The lowest BCUT2D eigenvalue weighted by molar-refractivity contribution is 0.247. The van der Waals surface area contributed by atoms with Gasteiger partial charge in [-0.25, -0.2) is 4.79 Å². The van der Waals surface area contributed by atoms with Gasteiger partial charge < -0.3 is 15.2 Å². The predicted molar refractivity (Wildman–Crippen MR) is 129 cm³/mol. The van der Waals surface area contributed by atoms with Crippen LogP contribution in [0.3, 0.4) is 0 Å². The molecular weight excluding hydrogens is 404 g/mol. The number of benzene rings is 1. The van der Waals surface area contributed by atoms with Crippen molar-refractivity contribution >= 4 is 23.1 Å². The van der Waals surface area contributed by atoms with Crippen molar-refractivity contribution in [1.82, 2.24) is 14.8 Å². The van der Waals surface area contributed by atoms with E-state index in [1.165, 1.54) is 21.0 Å². The summed E-state index contributed by atoms with van der Waals surface area (Å²) in [6.45, 7) is 9.62. The van der Waals surface area contributed by atoms with Crippen LogP contribution < -0.4 is 10.6 Å². The van der Waals surface area contributed by atoms with Crippen LogP contribution >= 0.6 is 11.3 Å².